The van der Waals surface area contributed by atoms with Crippen LogP contribution in [-0.4, -0.2) is 133 Å². The third-order valence-electron chi connectivity index (χ3n) is 21.2. The predicted octanol–water partition coefficient (Wildman–Crippen LogP) is 4.85. The Morgan fingerprint density at radius 3 is 1.90 bits per heavy atom. The number of benzene rings is 1. The van der Waals surface area contributed by atoms with Gasteiger partial charge < -0.3 is 85.4 Å². The monoisotopic (exact) mass is 1330 g/mol. The number of aromatic nitrogens is 2. The Morgan fingerprint density at radius 1 is 0.747 bits per heavy atom. The molecule has 1 aromatic carbocycles. The molecule has 5 unspecified atom stereocenters. The summed E-state index contributed by atoms with van der Waals surface area (Å²) >= 11 is 0. The van der Waals surface area contributed by atoms with Gasteiger partial charge in [0, 0.05) is 68.3 Å². The molecule has 18 atom stereocenters. The van der Waals surface area contributed by atoms with Crippen molar-refractivity contribution in [1.29, 1.82) is 0 Å². The molecule has 29 heteroatoms. The maximum absolute atomic E-state index is 14.4. The topological polar surface area (TPSA) is 467 Å². The van der Waals surface area contributed by atoms with Gasteiger partial charge >= 0.3 is 7.82 Å². The van der Waals surface area contributed by atoms with Crippen LogP contribution in [0, 0.1) is 59.2 Å². The average Bonchev–Trinajstić information content (AvgIpc) is 1.53. The molecule has 0 spiro atoms. The van der Waals surface area contributed by atoms with Gasteiger partial charge in [0.05, 0.1) is 30.1 Å². The summed E-state index contributed by atoms with van der Waals surface area (Å²) in [4.78, 5) is 109. The molecule has 6 aliphatic rings. The van der Waals surface area contributed by atoms with E-state index in [1.807, 2.05) is 87.4 Å². The van der Waals surface area contributed by atoms with Crippen LogP contribution in [0.3, 0.4) is 0 Å². The number of phosphoric acid groups is 1. The number of nitrogens with zero attached hydrogens (tertiary/aromatic N) is 6. The number of aliphatic hydroxyl groups excluding tert-OH is 2. The number of imidazole rings is 1. The van der Waals surface area contributed by atoms with Crippen molar-refractivity contribution in [3.8, 4) is 0 Å². The molecule has 7 heterocycles. The van der Waals surface area contributed by atoms with Crippen LogP contribution >= 0.6 is 7.82 Å². The Morgan fingerprint density at radius 2 is 1.32 bits per heavy atom. The fourth-order valence-electron chi connectivity index (χ4n) is 16.1. The number of primary amides is 6. The summed E-state index contributed by atoms with van der Waals surface area (Å²) in [5.41, 5.74) is 36.2. The van der Waals surface area contributed by atoms with Gasteiger partial charge in [0.2, 0.25) is 41.4 Å². The molecule has 7 amide bonds. The van der Waals surface area contributed by atoms with Crippen LogP contribution in [0.25, 0.3) is 32.3 Å². The number of rotatable bonds is 26. The number of fused-ring (bicyclic) bond motifs is 10. The first-order valence-electron chi connectivity index (χ1n) is 30.9. The van der Waals surface area contributed by atoms with Crippen molar-refractivity contribution in [2.24, 2.45) is 79.7 Å². The summed E-state index contributed by atoms with van der Waals surface area (Å²) in [6.07, 6.45) is -3.96. The van der Waals surface area contributed by atoms with Gasteiger partial charge in [0.15, 0.2) is 6.23 Å². The van der Waals surface area contributed by atoms with Gasteiger partial charge in [-0.25, -0.2) is 9.55 Å². The SMILES string of the molecule is C/C1=C2/[N-]C([C@H](CC(N)=O)[C@@]2(C)CCC(=O)NC[C@@H](C)OP(=O)(O)O[C@H]2[C@@H](O)[C@@H](n3cnc4cc(C)c(C)cc43)O[C@@H]2CO)[C@]2(C)[N-]C(/C(C)=C3\[N-]C(/C=C4/[N-]C1[C@@H](CCC(N)=O)C4(C)C)[C@@H](CCC(N)=O)[C@]3(C)CC(N)=O)[C@@H](CCC(N)=O)[C@]2(C)CC(N)=O.[Co]. The average molecular weight is 1330 g/mol. The van der Waals surface area contributed by atoms with Gasteiger partial charge in [-0.1, -0.05) is 53.6 Å². The number of carbonyl (C=O) groups is 7. The Balaban J connectivity index is 0.0000118. The molecule has 2 aromatic rings. The van der Waals surface area contributed by atoms with E-state index in [1.165, 1.54) is 13.3 Å². The minimum atomic E-state index is -5.06. The third kappa shape index (κ3) is 14.0. The van der Waals surface area contributed by atoms with Crippen LogP contribution in [0.4, 0.5) is 0 Å². The van der Waals surface area contributed by atoms with E-state index < -0.39 is 161 Å². The Labute approximate surface area is 541 Å². The molecule has 16 N–H and O–H groups in total. The van der Waals surface area contributed by atoms with Gasteiger partial charge in [-0.05, 0) is 129 Å². The van der Waals surface area contributed by atoms with Gasteiger partial charge in [0.1, 0.15) is 18.3 Å². The van der Waals surface area contributed by atoms with E-state index >= 15 is 0 Å². The fourth-order valence-corrected chi connectivity index (χ4v) is 17.3. The second kappa shape index (κ2) is 27.2. The van der Waals surface area contributed by atoms with E-state index in [-0.39, 0.29) is 94.0 Å². The van der Waals surface area contributed by atoms with Gasteiger partial charge in [-0.2, -0.15) is 17.1 Å². The van der Waals surface area contributed by atoms with Crippen LogP contribution in [0.5, 0.6) is 0 Å². The predicted molar refractivity (Wildman–Crippen MR) is 333 cm³/mol. The largest absolute Gasteiger partial charge is 0.685 e. The number of hydrogen-bond acceptors (Lipinski definition) is 14. The maximum atomic E-state index is 14.4. The minimum absolute atomic E-state index is 0. The molecule has 507 valence electrons. The second-order valence-corrected chi connectivity index (χ2v) is 28.9. The van der Waals surface area contributed by atoms with Crippen molar-refractivity contribution < 1.29 is 83.8 Å². The Bertz CT molecular complexity index is 3340. The summed E-state index contributed by atoms with van der Waals surface area (Å²) in [6.45, 7) is 19.5. The number of phosphoric ester groups is 1. The number of nitrogens with one attached hydrogen (secondary N) is 1. The number of nitrogens with two attached hydrogens (primary N) is 6. The summed E-state index contributed by atoms with van der Waals surface area (Å²) in [5, 5.41) is 46.9. The van der Waals surface area contributed by atoms with E-state index in [1.54, 1.807) is 4.57 Å². The molecule has 0 saturated carbocycles. The van der Waals surface area contributed by atoms with Crippen molar-refractivity contribution in [2.75, 3.05) is 13.2 Å². The molecule has 6 aliphatic heterocycles. The minimum Gasteiger partial charge on any atom is -0.685 e. The molecule has 27 nitrogen and oxygen atoms in total. The molecule has 5 saturated heterocycles. The maximum Gasteiger partial charge on any atom is 0.472 e. The Hall–Kier alpha value is -5.94. The normalized spacial score (nSPS) is 36.3. The molecular formula is C62H92CoN13O14P-4. The number of aliphatic hydroxyl groups is 2. The molecule has 91 heavy (non-hydrogen) atoms. The number of amides is 7. The molecule has 8 bridgehead atoms. The zero-order valence-electron chi connectivity index (χ0n) is 53.8. The molecular weight excluding hydrogens is 1240 g/mol. The number of carbonyl (C=O) groups excluding carboxylic acids is 7. The van der Waals surface area contributed by atoms with Crippen LogP contribution in [0.1, 0.15) is 150 Å². The number of aryl methyl sites for hydroxylation is 2. The van der Waals surface area contributed by atoms with Crippen molar-refractivity contribution in [2.45, 2.75) is 207 Å². The quantitative estimate of drug-likeness (QED) is 0.0563. The first-order valence-corrected chi connectivity index (χ1v) is 32.4. The standard InChI is InChI=1S/C62H92N13O14P.Co/c1-29-20-39-40(21-30(29)2)75(28-70-39)57-52(84)53(41(27-76)87-57)89-90(85,86)88-31(3)26-69-49(83)18-19-59(8)37(22-46(66)80)56-62(11)61(10,25-48(68)82)36(14-17-45(65)79)51(74-62)33(5)55-60(9,24-47(67)81)34(12-15-43(63)77)38(71-55)23-42-58(6,7)35(13-16-44(64)78)50(72-42)32(4)54(59)73-56;/h20-21,23,28,31,34-38,41,50-53,56-57,76,84H,12-19,22,24-27H2,1-11H3,(H2,63,77)(H2,64,78)(H2,65,79)(H2,66,80)(H2,67,81)(H2,68,82)(H,69,83)(H,85,86);/q-4;/b42-23+,54-32-,55-33-;/t31-,34-,35-,36-,37+,38?,41-,50?,51?,52-,53-,56?,57+,59-,60+,61+,62+;/m1./s1. The van der Waals surface area contributed by atoms with E-state index in [4.69, 9.17) is 69.5 Å². The van der Waals surface area contributed by atoms with Crippen molar-refractivity contribution in [3.05, 3.63) is 85.2 Å². The van der Waals surface area contributed by atoms with Crippen LogP contribution in [-0.2, 0) is 68.7 Å². The number of hydrogen-bond donors (Lipinski definition) is 10. The summed E-state index contributed by atoms with van der Waals surface area (Å²) in [7, 11) is -5.06. The van der Waals surface area contributed by atoms with Crippen molar-refractivity contribution in [3.63, 3.8) is 0 Å². The van der Waals surface area contributed by atoms with Crippen molar-refractivity contribution >= 4 is 60.2 Å². The Kier molecular flexibility index (Phi) is 21.7. The van der Waals surface area contributed by atoms with Gasteiger partial charge in [-0.15, -0.1) is 34.8 Å². The van der Waals surface area contributed by atoms with E-state index in [9.17, 15) is 53.2 Å². The van der Waals surface area contributed by atoms with E-state index in [0.717, 1.165) is 11.1 Å². The van der Waals surface area contributed by atoms with Gasteiger partial charge in [0.25, 0.3) is 0 Å². The third-order valence-corrected chi connectivity index (χ3v) is 22.3. The zero-order valence-corrected chi connectivity index (χ0v) is 55.7. The van der Waals surface area contributed by atoms with Crippen molar-refractivity contribution in [1.82, 2.24) is 14.9 Å². The summed E-state index contributed by atoms with van der Waals surface area (Å²) in [5.74, 6) is -6.86. The fraction of sp³-hybridized carbons (Fsp3) is 0.677. The molecule has 8 rings (SSSR count). The first-order chi connectivity index (χ1) is 41.8. The van der Waals surface area contributed by atoms with E-state index in [2.05, 4.69) is 10.3 Å². The summed E-state index contributed by atoms with van der Waals surface area (Å²) < 4.78 is 32.3. The second-order valence-electron chi connectivity index (χ2n) is 27.5. The number of allylic oxidation sites excluding steroid dienone is 3. The first kappa shape index (κ1) is 72.5. The van der Waals surface area contributed by atoms with Crippen LogP contribution < -0.4 is 39.7 Å². The molecule has 0 aliphatic carbocycles. The number of ether oxygens (including phenoxy) is 1. The van der Waals surface area contributed by atoms with E-state index in [0.29, 0.717) is 39.3 Å². The smallest absolute Gasteiger partial charge is 0.472 e. The molecule has 1 radical (unpaired) electrons. The summed E-state index contributed by atoms with van der Waals surface area (Å²) in [6, 6.07) is 0.417. The molecule has 1 aromatic heterocycles. The molecule has 5 fully saturated rings. The van der Waals surface area contributed by atoms with Gasteiger partial charge in [-0.3, -0.25) is 42.6 Å². The van der Waals surface area contributed by atoms with Crippen LogP contribution in [0.2, 0.25) is 0 Å². The van der Waals surface area contributed by atoms with Crippen LogP contribution in [0.15, 0.2) is 52.8 Å². The zero-order chi connectivity index (χ0) is 66.7.